The Morgan fingerprint density at radius 3 is 2.88 bits per heavy atom. The number of carboxylic acids is 1. The molecule has 1 heterocycles. The zero-order valence-electron chi connectivity index (χ0n) is 8.28. The molecule has 2 rings (SSSR count). The quantitative estimate of drug-likeness (QED) is 0.893. The first kappa shape index (κ1) is 12.0. The van der Waals surface area contributed by atoms with Gasteiger partial charge in [-0.05, 0) is 18.2 Å². The topological polar surface area (TPSA) is 76.2 Å². The van der Waals surface area contributed by atoms with E-state index < -0.39 is 11.8 Å². The van der Waals surface area contributed by atoms with Gasteiger partial charge in [0.05, 0.1) is 4.88 Å². The van der Waals surface area contributed by atoms with Gasteiger partial charge in [-0.1, -0.05) is 27.3 Å². The van der Waals surface area contributed by atoms with E-state index in [1.807, 2.05) is 0 Å². The predicted molar refractivity (Wildman–Crippen MR) is 66.6 cm³/mol. The number of anilines is 1. The van der Waals surface area contributed by atoms with Crippen LogP contribution in [-0.2, 0) is 0 Å². The van der Waals surface area contributed by atoms with Crippen molar-refractivity contribution in [2.24, 2.45) is 0 Å². The summed E-state index contributed by atoms with van der Waals surface area (Å²) in [7, 11) is 0. The van der Waals surface area contributed by atoms with Crippen LogP contribution < -0.4 is 5.73 Å². The lowest BCUT2D eigenvalue weighted by molar-refractivity contribution is 0.0692. The summed E-state index contributed by atoms with van der Waals surface area (Å²) in [4.78, 5) is 15.0. The van der Waals surface area contributed by atoms with Crippen LogP contribution in [0, 0.1) is 5.82 Å². The SMILES string of the molecule is Nc1nc(C(=O)O)c(-c2cc(F)ccc2Br)s1. The van der Waals surface area contributed by atoms with Gasteiger partial charge in [0.15, 0.2) is 10.8 Å². The van der Waals surface area contributed by atoms with Crippen molar-refractivity contribution < 1.29 is 14.3 Å². The second kappa shape index (κ2) is 4.42. The molecule has 0 amide bonds. The first-order chi connectivity index (χ1) is 7.99. The van der Waals surface area contributed by atoms with Crippen molar-refractivity contribution in [3.05, 3.63) is 34.2 Å². The molecule has 0 spiro atoms. The Kier molecular flexibility index (Phi) is 3.12. The van der Waals surface area contributed by atoms with E-state index in [0.29, 0.717) is 14.9 Å². The highest BCUT2D eigenvalue weighted by molar-refractivity contribution is 9.10. The molecular weight excluding hydrogens is 311 g/mol. The number of nitrogens with zero attached hydrogens (tertiary/aromatic N) is 1. The Bertz CT molecular complexity index is 600. The third-order valence-corrected chi connectivity index (χ3v) is 3.63. The van der Waals surface area contributed by atoms with Gasteiger partial charge in [0, 0.05) is 10.0 Å². The Morgan fingerprint density at radius 1 is 1.53 bits per heavy atom. The number of hydrogen-bond acceptors (Lipinski definition) is 4. The molecule has 0 aliphatic carbocycles. The minimum atomic E-state index is -1.19. The molecule has 0 aliphatic heterocycles. The first-order valence-electron chi connectivity index (χ1n) is 4.44. The van der Waals surface area contributed by atoms with Crippen molar-refractivity contribution in [3.63, 3.8) is 0 Å². The number of rotatable bonds is 2. The Labute approximate surface area is 108 Å². The number of nitrogens with two attached hydrogens (primary N) is 1. The molecule has 7 heteroatoms. The zero-order chi connectivity index (χ0) is 12.6. The number of nitrogen functional groups attached to an aromatic ring is 1. The van der Waals surface area contributed by atoms with Crippen LogP contribution in [0.25, 0.3) is 10.4 Å². The van der Waals surface area contributed by atoms with E-state index in [9.17, 15) is 9.18 Å². The number of carbonyl (C=O) groups is 1. The molecule has 0 radical (unpaired) electrons. The third kappa shape index (κ3) is 2.29. The molecule has 1 aromatic heterocycles. The summed E-state index contributed by atoms with van der Waals surface area (Å²) in [5.41, 5.74) is 5.74. The van der Waals surface area contributed by atoms with E-state index in [2.05, 4.69) is 20.9 Å². The second-order valence-corrected chi connectivity index (χ2v) is 5.04. The summed E-state index contributed by atoms with van der Waals surface area (Å²) in [6.07, 6.45) is 0. The minimum Gasteiger partial charge on any atom is -0.476 e. The van der Waals surface area contributed by atoms with E-state index in [0.717, 1.165) is 11.3 Å². The molecule has 0 bridgehead atoms. The average molecular weight is 317 g/mol. The third-order valence-electron chi connectivity index (χ3n) is 2.02. The van der Waals surface area contributed by atoms with Crippen LogP contribution >= 0.6 is 27.3 Å². The van der Waals surface area contributed by atoms with Gasteiger partial charge in [0.1, 0.15) is 5.82 Å². The molecule has 4 nitrogen and oxygen atoms in total. The molecule has 2 aromatic rings. The van der Waals surface area contributed by atoms with E-state index >= 15 is 0 Å². The highest BCUT2D eigenvalue weighted by Gasteiger charge is 2.19. The van der Waals surface area contributed by atoms with Gasteiger partial charge < -0.3 is 10.8 Å². The summed E-state index contributed by atoms with van der Waals surface area (Å²) in [6.45, 7) is 0. The summed E-state index contributed by atoms with van der Waals surface area (Å²) in [5.74, 6) is -1.64. The number of halogens is 2. The molecule has 0 unspecified atom stereocenters. The minimum absolute atomic E-state index is 0.133. The van der Waals surface area contributed by atoms with Gasteiger partial charge in [-0.25, -0.2) is 14.2 Å². The number of hydrogen-bond donors (Lipinski definition) is 2. The van der Waals surface area contributed by atoms with E-state index in [-0.39, 0.29) is 10.8 Å². The standard InChI is InChI=1S/C10H6BrFN2O2S/c11-6-2-1-4(12)3-5(6)8-7(9(15)16)14-10(13)17-8/h1-3H,(H2,13,14)(H,15,16). The molecule has 0 saturated heterocycles. The lowest BCUT2D eigenvalue weighted by Crippen LogP contribution is -1.99. The Morgan fingerprint density at radius 2 is 2.24 bits per heavy atom. The largest absolute Gasteiger partial charge is 0.476 e. The molecule has 0 saturated carbocycles. The van der Waals surface area contributed by atoms with Gasteiger partial charge in [-0.3, -0.25) is 0 Å². The average Bonchev–Trinajstić information content (AvgIpc) is 2.64. The highest BCUT2D eigenvalue weighted by atomic mass is 79.9. The van der Waals surface area contributed by atoms with Crippen molar-refractivity contribution in [1.29, 1.82) is 0 Å². The Balaban J connectivity index is 2.67. The summed E-state index contributed by atoms with van der Waals surface area (Å²) >= 11 is 4.25. The second-order valence-electron chi connectivity index (χ2n) is 3.16. The first-order valence-corrected chi connectivity index (χ1v) is 6.05. The highest BCUT2D eigenvalue weighted by Crippen LogP contribution is 2.36. The zero-order valence-corrected chi connectivity index (χ0v) is 10.7. The molecule has 0 aliphatic rings. The molecule has 0 fully saturated rings. The van der Waals surface area contributed by atoms with Gasteiger partial charge >= 0.3 is 5.97 Å². The van der Waals surface area contributed by atoms with Gasteiger partial charge in [-0.2, -0.15) is 0 Å². The Hall–Kier alpha value is -1.47. The fourth-order valence-corrected chi connectivity index (χ4v) is 2.77. The van der Waals surface area contributed by atoms with Crippen LogP contribution in [0.1, 0.15) is 10.5 Å². The molecule has 17 heavy (non-hydrogen) atoms. The maximum absolute atomic E-state index is 13.2. The van der Waals surface area contributed by atoms with E-state index in [1.54, 1.807) is 0 Å². The van der Waals surface area contributed by atoms with Crippen LogP contribution in [-0.4, -0.2) is 16.1 Å². The summed E-state index contributed by atoms with van der Waals surface area (Å²) in [6, 6.07) is 4.02. The number of benzene rings is 1. The maximum Gasteiger partial charge on any atom is 0.356 e. The summed E-state index contributed by atoms with van der Waals surface area (Å²) < 4.78 is 13.7. The fraction of sp³-hybridized carbons (Fsp3) is 0. The van der Waals surface area contributed by atoms with E-state index in [1.165, 1.54) is 18.2 Å². The molecule has 3 N–H and O–H groups in total. The van der Waals surface area contributed by atoms with Crippen LogP contribution in [0.4, 0.5) is 9.52 Å². The monoisotopic (exact) mass is 316 g/mol. The maximum atomic E-state index is 13.2. The lowest BCUT2D eigenvalue weighted by atomic mass is 10.1. The van der Waals surface area contributed by atoms with Gasteiger partial charge in [-0.15, -0.1) is 0 Å². The summed E-state index contributed by atoms with van der Waals surface area (Å²) in [5, 5.41) is 9.11. The van der Waals surface area contributed by atoms with Crippen molar-refractivity contribution in [3.8, 4) is 10.4 Å². The van der Waals surface area contributed by atoms with E-state index in [4.69, 9.17) is 10.8 Å². The van der Waals surface area contributed by atoms with Crippen LogP contribution in [0.2, 0.25) is 0 Å². The van der Waals surface area contributed by atoms with Crippen LogP contribution in [0.15, 0.2) is 22.7 Å². The number of aromatic nitrogens is 1. The van der Waals surface area contributed by atoms with Crippen LogP contribution in [0.3, 0.4) is 0 Å². The smallest absolute Gasteiger partial charge is 0.356 e. The number of thiazole rings is 1. The van der Waals surface area contributed by atoms with Gasteiger partial charge in [0.2, 0.25) is 0 Å². The van der Waals surface area contributed by atoms with Crippen LogP contribution in [0.5, 0.6) is 0 Å². The number of carboxylic acid groups (broad SMARTS) is 1. The predicted octanol–water partition coefficient (Wildman–Crippen LogP) is 2.99. The van der Waals surface area contributed by atoms with Crippen molar-refractivity contribution in [2.75, 3.05) is 5.73 Å². The normalized spacial score (nSPS) is 10.5. The lowest BCUT2D eigenvalue weighted by Gasteiger charge is -2.02. The van der Waals surface area contributed by atoms with Crippen molar-refractivity contribution >= 4 is 38.4 Å². The molecular formula is C10H6BrFN2O2S. The van der Waals surface area contributed by atoms with Crippen molar-refractivity contribution in [1.82, 2.24) is 4.98 Å². The van der Waals surface area contributed by atoms with Gasteiger partial charge in [0.25, 0.3) is 0 Å². The molecule has 1 aromatic carbocycles. The molecule has 0 atom stereocenters. The van der Waals surface area contributed by atoms with Crippen molar-refractivity contribution in [2.45, 2.75) is 0 Å². The molecule has 88 valence electrons. The number of aromatic carboxylic acids is 1. The fourth-order valence-electron chi connectivity index (χ4n) is 1.34.